The molecule has 1 aliphatic rings. The summed E-state index contributed by atoms with van der Waals surface area (Å²) < 4.78 is 36.4. The van der Waals surface area contributed by atoms with Crippen molar-refractivity contribution < 1.29 is 18.0 Å². The molecule has 0 saturated carbocycles. The first-order valence-corrected chi connectivity index (χ1v) is 4.65. The molecule has 88 valence electrons. The maximum atomic E-state index is 12.1. The van der Waals surface area contributed by atoms with Gasteiger partial charge in [-0.15, -0.1) is 0 Å². The normalized spacial score (nSPS) is 24.3. The van der Waals surface area contributed by atoms with E-state index in [4.69, 9.17) is 5.73 Å². The third-order valence-corrected chi connectivity index (χ3v) is 2.46. The molecule has 15 heavy (non-hydrogen) atoms. The maximum Gasteiger partial charge on any atom is 0.401 e. The zero-order valence-electron chi connectivity index (χ0n) is 8.42. The molecule has 4 nitrogen and oxygen atoms in total. The summed E-state index contributed by atoms with van der Waals surface area (Å²) in [6, 6.07) is -0.888. The molecule has 1 atom stereocenters. The quantitative estimate of drug-likeness (QED) is 0.711. The Balaban J connectivity index is 2.49. The van der Waals surface area contributed by atoms with E-state index in [0.29, 0.717) is 0 Å². The Kier molecular flexibility index (Phi) is 3.43. The number of nitrogens with zero attached hydrogens (tertiary/aromatic N) is 2. The summed E-state index contributed by atoms with van der Waals surface area (Å²) in [5.74, 6) is 0. The maximum absolute atomic E-state index is 12.1. The molecule has 1 saturated heterocycles. The highest BCUT2D eigenvalue weighted by Gasteiger charge is 2.35. The topological polar surface area (TPSA) is 49.6 Å². The van der Waals surface area contributed by atoms with Crippen molar-refractivity contribution in [3.8, 4) is 0 Å². The van der Waals surface area contributed by atoms with Crippen LogP contribution in [0.3, 0.4) is 0 Å². The van der Waals surface area contributed by atoms with Crippen molar-refractivity contribution in [1.82, 2.24) is 9.80 Å². The van der Waals surface area contributed by atoms with Gasteiger partial charge in [0.1, 0.15) is 0 Å². The second-order valence-electron chi connectivity index (χ2n) is 3.72. The van der Waals surface area contributed by atoms with Crippen LogP contribution in [0.5, 0.6) is 0 Å². The molecule has 1 rings (SSSR count). The second kappa shape index (κ2) is 4.26. The predicted octanol–water partition coefficient (Wildman–Crippen LogP) is 0.634. The molecular formula is C8H14F3N3O. The summed E-state index contributed by atoms with van der Waals surface area (Å²) in [5, 5.41) is 0. The van der Waals surface area contributed by atoms with Crippen LogP contribution < -0.4 is 5.73 Å². The molecular weight excluding hydrogens is 211 g/mol. The molecule has 1 aliphatic heterocycles. The summed E-state index contributed by atoms with van der Waals surface area (Å²) in [5.41, 5.74) is 5.05. The van der Waals surface area contributed by atoms with Crippen molar-refractivity contribution in [3.05, 3.63) is 0 Å². The smallest absolute Gasteiger partial charge is 0.351 e. The van der Waals surface area contributed by atoms with Gasteiger partial charge in [0.15, 0.2) is 0 Å². The highest BCUT2D eigenvalue weighted by molar-refractivity contribution is 5.72. The average molecular weight is 225 g/mol. The molecule has 2 amide bonds. The van der Waals surface area contributed by atoms with Gasteiger partial charge in [0.25, 0.3) is 0 Å². The zero-order chi connectivity index (χ0) is 11.6. The van der Waals surface area contributed by atoms with Crippen LogP contribution in [0.4, 0.5) is 18.0 Å². The monoisotopic (exact) mass is 225 g/mol. The fourth-order valence-corrected chi connectivity index (χ4v) is 1.66. The van der Waals surface area contributed by atoms with Crippen molar-refractivity contribution in [2.75, 3.05) is 26.2 Å². The Morgan fingerprint density at radius 3 is 2.47 bits per heavy atom. The van der Waals surface area contributed by atoms with Crippen molar-refractivity contribution in [3.63, 3.8) is 0 Å². The van der Waals surface area contributed by atoms with E-state index in [2.05, 4.69) is 0 Å². The average Bonchev–Trinajstić information content (AvgIpc) is 2.05. The van der Waals surface area contributed by atoms with Gasteiger partial charge < -0.3 is 10.6 Å². The molecule has 0 aromatic heterocycles. The van der Waals surface area contributed by atoms with Crippen LogP contribution in [0.15, 0.2) is 0 Å². The number of nitrogens with two attached hydrogens (primary N) is 1. The number of halogens is 3. The summed E-state index contributed by atoms with van der Waals surface area (Å²) in [6.45, 7) is 1.45. The molecule has 0 aliphatic carbocycles. The highest BCUT2D eigenvalue weighted by Crippen LogP contribution is 2.19. The number of hydrogen-bond donors (Lipinski definition) is 1. The van der Waals surface area contributed by atoms with E-state index in [9.17, 15) is 18.0 Å². The molecule has 0 spiro atoms. The standard InChI is InChI=1S/C8H14F3N3O/c1-6-4-13(7(12)15)2-3-14(6)5-8(9,10)11/h6H,2-5H2,1H3,(H2,12,15). The summed E-state index contributed by atoms with van der Waals surface area (Å²) in [6.07, 6.45) is -4.19. The lowest BCUT2D eigenvalue weighted by Gasteiger charge is -2.39. The van der Waals surface area contributed by atoms with Gasteiger partial charge in [0.05, 0.1) is 6.54 Å². The van der Waals surface area contributed by atoms with E-state index in [1.54, 1.807) is 6.92 Å². The molecule has 1 heterocycles. The van der Waals surface area contributed by atoms with Crippen LogP contribution in [-0.4, -0.2) is 54.2 Å². The lowest BCUT2D eigenvalue weighted by atomic mass is 10.2. The van der Waals surface area contributed by atoms with Gasteiger partial charge >= 0.3 is 12.2 Å². The van der Waals surface area contributed by atoms with E-state index in [1.807, 2.05) is 0 Å². The summed E-state index contributed by atoms with van der Waals surface area (Å²) in [4.78, 5) is 13.5. The van der Waals surface area contributed by atoms with Gasteiger partial charge in [-0.1, -0.05) is 0 Å². The fraction of sp³-hybridized carbons (Fsp3) is 0.875. The van der Waals surface area contributed by atoms with E-state index in [0.717, 1.165) is 0 Å². The van der Waals surface area contributed by atoms with E-state index in [1.165, 1.54) is 9.80 Å². The number of carbonyl (C=O) groups is 1. The zero-order valence-corrected chi connectivity index (χ0v) is 8.42. The van der Waals surface area contributed by atoms with Crippen molar-refractivity contribution in [2.24, 2.45) is 5.73 Å². The van der Waals surface area contributed by atoms with E-state index < -0.39 is 18.8 Å². The van der Waals surface area contributed by atoms with E-state index >= 15 is 0 Å². The van der Waals surface area contributed by atoms with Crippen LogP contribution >= 0.6 is 0 Å². The Morgan fingerprint density at radius 1 is 1.47 bits per heavy atom. The molecule has 0 aromatic carbocycles. The SMILES string of the molecule is CC1CN(C(N)=O)CCN1CC(F)(F)F. The first-order chi connectivity index (χ1) is 6.79. The van der Waals surface area contributed by atoms with Crippen LogP contribution in [0.25, 0.3) is 0 Å². The third-order valence-electron chi connectivity index (χ3n) is 2.46. The highest BCUT2D eigenvalue weighted by atomic mass is 19.4. The number of piperazine rings is 1. The molecule has 0 aromatic rings. The number of primary amides is 1. The Morgan fingerprint density at radius 2 is 2.07 bits per heavy atom. The summed E-state index contributed by atoms with van der Waals surface area (Å²) >= 11 is 0. The van der Waals surface area contributed by atoms with Crippen LogP contribution in [0.2, 0.25) is 0 Å². The summed E-state index contributed by atoms with van der Waals surface area (Å²) in [7, 11) is 0. The molecule has 0 radical (unpaired) electrons. The van der Waals surface area contributed by atoms with Gasteiger partial charge in [0.2, 0.25) is 0 Å². The molecule has 2 N–H and O–H groups in total. The van der Waals surface area contributed by atoms with Crippen LogP contribution in [0.1, 0.15) is 6.92 Å². The second-order valence-corrected chi connectivity index (χ2v) is 3.72. The van der Waals surface area contributed by atoms with Crippen molar-refractivity contribution in [2.45, 2.75) is 19.1 Å². The number of hydrogen-bond acceptors (Lipinski definition) is 2. The minimum atomic E-state index is -4.19. The van der Waals surface area contributed by atoms with Crippen molar-refractivity contribution in [1.29, 1.82) is 0 Å². The molecule has 1 unspecified atom stereocenters. The predicted molar refractivity (Wildman–Crippen MR) is 48.2 cm³/mol. The van der Waals surface area contributed by atoms with Gasteiger partial charge in [-0.2, -0.15) is 13.2 Å². The lowest BCUT2D eigenvalue weighted by molar-refractivity contribution is -0.153. The van der Waals surface area contributed by atoms with Crippen LogP contribution in [0, 0.1) is 0 Å². The molecule has 1 fully saturated rings. The number of carbonyl (C=O) groups excluding carboxylic acids is 1. The number of amides is 2. The van der Waals surface area contributed by atoms with Crippen LogP contribution in [-0.2, 0) is 0 Å². The third kappa shape index (κ3) is 3.58. The van der Waals surface area contributed by atoms with Crippen molar-refractivity contribution >= 4 is 6.03 Å². The Hall–Kier alpha value is -0.980. The number of urea groups is 1. The first-order valence-electron chi connectivity index (χ1n) is 4.65. The minimum Gasteiger partial charge on any atom is -0.351 e. The van der Waals surface area contributed by atoms with Gasteiger partial charge in [0, 0.05) is 25.7 Å². The van der Waals surface area contributed by atoms with Gasteiger partial charge in [-0.05, 0) is 6.92 Å². The largest absolute Gasteiger partial charge is 0.401 e. The number of alkyl halides is 3. The first kappa shape index (κ1) is 12.1. The molecule has 7 heteroatoms. The molecule has 0 bridgehead atoms. The Bertz CT molecular complexity index is 244. The van der Waals surface area contributed by atoms with Gasteiger partial charge in [-0.3, -0.25) is 4.90 Å². The fourth-order valence-electron chi connectivity index (χ4n) is 1.66. The number of rotatable bonds is 1. The lowest BCUT2D eigenvalue weighted by Crippen LogP contribution is -2.56. The van der Waals surface area contributed by atoms with Gasteiger partial charge in [-0.25, -0.2) is 4.79 Å². The van der Waals surface area contributed by atoms with E-state index in [-0.39, 0.29) is 25.7 Å². The minimum absolute atomic E-state index is 0.212. The Labute approximate surface area is 85.8 Å².